The summed E-state index contributed by atoms with van der Waals surface area (Å²) in [6, 6.07) is 10.1. The Labute approximate surface area is 193 Å². The van der Waals surface area contributed by atoms with Gasteiger partial charge in [0.15, 0.2) is 5.11 Å². The van der Waals surface area contributed by atoms with E-state index in [9.17, 15) is 13.2 Å². The summed E-state index contributed by atoms with van der Waals surface area (Å²) in [6.07, 6.45) is -0.246. The van der Waals surface area contributed by atoms with Gasteiger partial charge in [-0.2, -0.15) is 13.2 Å². The summed E-state index contributed by atoms with van der Waals surface area (Å²) < 4.78 is 40.3. The Kier molecular flexibility index (Phi) is 7.46. The number of imidazole rings is 1. The van der Waals surface area contributed by atoms with E-state index < -0.39 is 11.7 Å². The molecule has 0 saturated carbocycles. The third-order valence-electron chi connectivity index (χ3n) is 4.70. The zero-order chi connectivity index (χ0) is 22.6. The molecule has 0 aliphatic carbocycles. The van der Waals surface area contributed by atoms with Gasteiger partial charge in [-0.05, 0) is 48.1 Å². The van der Waals surface area contributed by atoms with Gasteiger partial charge in [0.2, 0.25) is 0 Å². The Morgan fingerprint density at radius 1 is 1.16 bits per heavy atom. The average molecular weight is 487 g/mol. The van der Waals surface area contributed by atoms with Crippen LogP contribution < -0.4 is 5.32 Å². The van der Waals surface area contributed by atoms with E-state index in [1.807, 2.05) is 22.6 Å². The van der Waals surface area contributed by atoms with E-state index in [2.05, 4.69) is 10.3 Å². The fraction of sp³-hybridized carbons (Fsp3) is 0.238. The van der Waals surface area contributed by atoms with E-state index in [-0.39, 0.29) is 0 Å². The van der Waals surface area contributed by atoms with Crippen molar-refractivity contribution in [2.24, 2.45) is 7.05 Å². The molecule has 0 spiro atoms. The predicted molar refractivity (Wildman–Crippen MR) is 121 cm³/mol. The normalized spacial score (nSPS) is 11.4. The van der Waals surface area contributed by atoms with Crippen molar-refractivity contribution >= 4 is 46.2 Å². The number of hydrogen-bond acceptors (Lipinski definition) is 2. The molecule has 31 heavy (non-hydrogen) atoms. The maximum Gasteiger partial charge on any atom is 0.416 e. The first-order chi connectivity index (χ1) is 14.6. The summed E-state index contributed by atoms with van der Waals surface area (Å²) in [6.45, 7) is 0.915. The maximum atomic E-state index is 12.8. The Bertz CT molecular complexity index is 1050. The molecule has 1 heterocycles. The quantitative estimate of drug-likeness (QED) is 0.421. The van der Waals surface area contributed by atoms with E-state index in [0.717, 1.165) is 23.4 Å². The smallest absolute Gasteiger partial charge is 0.344 e. The highest BCUT2D eigenvalue weighted by Gasteiger charge is 2.30. The van der Waals surface area contributed by atoms with Gasteiger partial charge in [-0.1, -0.05) is 35.3 Å². The van der Waals surface area contributed by atoms with Gasteiger partial charge in [-0.3, -0.25) is 0 Å². The van der Waals surface area contributed by atoms with Crippen molar-refractivity contribution in [3.8, 4) is 0 Å². The van der Waals surface area contributed by atoms with E-state index in [4.69, 9.17) is 35.4 Å². The van der Waals surface area contributed by atoms with Crippen LogP contribution in [0.2, 0.25) is 10.0 Å². The highest BCUT2D eigenvalue weighted by atomic mass is 35.5. The van der Waals surface area contributed by atoms with Crippen LogP contribution in [0.3, 0.4) is 0 Å². The Morgan fingerprint density at radius 3 is 2.48 bits per heavy atom. The first kappa shape index (κ1) is 23.4. The third kappa shape index (κ3) is 6.12. The van der Waals surface area contributed by atoms with Gasteiger partial charge in [-0.15, -0.1) is 0 Å². The molecule has 0 aliphatic rings. The van der Waals surface area contributed by atoms with Gasteiger partial charge in [0.05, 0.1) is 21.9 Å². The lowest BCUT2D eigenvalue weighted by Gasteiger charge is -2.27. The minimum absolute atomic E-state index is 0.359. The summed E-state index contributed by atoms with van der Waals surface area (Å²) in [5.41, 5.74) is 1.54. The molecule has 0 unspecified atom stereocenters. The molecule has 2 aromatic carbocycles. The summed E-state index contributed by atoms with van der Waals surface area (Å²) in [5, 5.41) is 4.24. The molecule has 0 radical (unpaired) electrons. The number of alkyl halides is 3. The molecule has 1 N–H and O–H groups in total. The molecule has 3 rings (SSSR count). The molecular formula is C21H19Cl2F3N4S. The van der Waals surface area contributed by atoms with Gasteiger partial charge >= 0.3 is 6.18 Å². The monoisotopic (exact) mass is 486 g/mol. The lowest BCUT2D eigenvalue weighted by Crippen LogP contribution is -2.36. The summed E-state index contributed by atoms with van der Waals surface area (Å²) in [7, 11) is 1.90. The topological polar surface area (TPSA) is 33.1 Å². The van der Waals surface area contributed by atoms with Crippen molar-refractivity contribution in [3.05, 3.63) is 81.9 Å². The number of nitrogens with one attached hydrogen (secondary N) is 1. The number of aromatic nitrogens is 2. The van der Waals surface area contributed by atoms with Crippen molar-refractivity contribution in [2.45, 2.75) is 19.1 Å². The van der Waals surface area contributed by atoms with Gasteiger partial charge in [-0.25, -0.2) is 4.98 Å². The lowest BCUT2D eigenvalue weighted by atomic mass is 10.2. The second-order valence-corrected chi connectivity index (χ2v) is 8.06. The van der Waals surface area contributed by atoms with Gasteiger partial charge in [0, 0.05) is 44.1 Å². The number of benzene rings is 2. The zero-order valence-corrected chi connectivity index (χ0v) is 18.8. The van der Waals surface area contributed by atoms with Crippen molar-refractivity contribution in [2.75, 3.05) is 11.9 Å². The summed E-state index contributed by atoms with van der Waals surface area (Å²) in [4.78, 5) is 6.00. The fourth-order valence-corrected chi connectivity index (χ4v) is 3.60. The van der Waals surface area contributed by atoms with Crippen molar-refractivity contribution in [1.82, 2.24) is 14.5 Å². The number of thiocarbonyl (C=S) groups is 1. The molecule has 10 heteroatoms. The summed E-state index contributed by atoms with van der Waals surface area (Å²) in [5.74, 6) is 0. The second kappa shape index (κ2) is 9.89. The molecule has 0 fully saturated rings. The minimum atomic E-state index is -4.39. The fourth-order valence-electron chi connectivity index (χ4n) is 2.95. The Morgan fingerprint density at radius 2 is 1.87 bits per heavy atom. The number of rotatable bonds is 6. The number of nitrogens with zero attached hydrogens (tertiary/aromatic N) is 3. The number of anilines is 1. The van der Waals surface area contributed by atoms with Gasteiger partial charge < -0.3 is 14.8 Å². The van der Waals surface area contributed by atoms with Crippen molar-refractivity contribution in [1.29, 1.82) is 0 Å². The average Bonchev–Trinajstić information content (AvgIpc) is 3.12. The van der Waals surface area contributed by atoms with Crippen LogP contribution in [0.4, 0.5) is 18.9 Å². The molecule has 3 aromatic rings. The maximum absolute atomic E-state index is 12.8. The van der Waals surface area contributed by atoms with Crippen LogP contribution in [0, 0.1) is 0 Å². The Hall–Kier alpha value is -2.29. The Balaban J connectivity index is 1.77. The third-order valence-corrected chi connectivity index (χ3v) is 5.92. The molecular weight excluding hydrogens is 468 g/mol. The molecule has 0 bridgehead atoms. The largest absolute Gasteiger partial charge is 0.416 e. The first-order valence-electron chi connectivity index (χ1n) is 9.26. The van der Waals surface area contributed by atoms with Gasteiger partial charge in [0.1, 0.15) is 0 Å². The molecule has 0 atom stereocenters. The van der Waals surface area contributed by atoms with E-state index in [0.29, 0.717) is 40.4 Å². The highest BCUT2D eigenvalue weighted by Crippen LogP contribution is 2.30. The van der Waals surface area contributed by atoms with E-state index >= 15 is 0 Å². The number of hydrogen-bond donors (Lipinski definition) is 1. The number of halogens is 5. The van der Waals surface area contributed by atoms with Crippen LogP contribution in [0.1, 0.15) is 16.8 Å². The zero-order valence-electron chi connectivity index (χ0n) is 16.5. The molecule has 0 amide bonds. The van der Waals surface area contributed by atoms with Crippen LogP contribution >= 0.6 is 35.4 Å². The standard InChI is InChI=1S/C21H19Cl2F3N4S/c1-29-13-27-11-17(29)9-10-30(12-14-3-2-4-18(22)19(14)23)20(31)28-16-7-5-15(6-8-16)21(24,25)26/h2-8,11,13H,9-10,12H2,1H3,(H,28,31). The molecule has 4 nitrogen and oxygen atoms in total. The molecule has 0 saturated heterocycles. The molecule has 0 aliphatic heterocycles. The van der Waals surface area contributed by atoms with Crippen molar-refractivity contribution in [3.63, 3.8) is 0 Å². The highest BCUT2D eigenvalue weighted by molar-refractivity contribution is 7.80. The van der Waals surface area contributed by atoms with E-state index in [1.165, 1.54) is 12.1 Å². The molecule has 1 aromatic heterocycles. The first-order valence-corrected chi connectivity index (χ1v) is 10.4. The van der Waals surface area contributed by atoms with Crippen LogP contribution in [0.15, 0.2) is 55.0 Å². The second-order valence-electron chi connectivity index (χ2n) is 6.89. The van der Waals surface area contributed by atoms with Crippen LogP contribution in [0.25, 0.3) is 0 Å². The summed E-state index contributed by atoms with van der Waals surface area (Å²) >= 11 is 18.0. The lowest BCUT2D eigenvalue weighted by molar-refractivity contribution is -0.137. The van der Waals surface area contributed by atoms with Crippen LogP contribution in [-0.4, -0.2) is 26.1 Å². The van der Waals surface area contributed by atoms with E-state index in [1.54, 1.807) is 24.7 Å². The van der Waals surface area contributed by atoms with Crippen LogP contribution in [0.5, 0.6) is 0 Å². The minimum Gasteiger partial charge on any atom is -0.344 e. The van der Waals surface area contributed by atoms with Crippen molar-refractivity contribution < 1.29 is 13.2 Å². The SMILES string of the molecule is Cn1cncc1CCN(Cc1cccc(Cl)c1Cl)C(=S)Nc1ccc(C(F)(F)F)cc1. The van der Waals surface area contributed by atoms with Gasteiger partial charge in [0.25, 0.3) is 0 Å². The van der Waals surface area contributed by atoms with Crippen LogP contribution in [-0.2, 0) is 26.2 Å². The number of aryl methyl sites for hydroxylation is 1. The molecule has 164 valence electrons. The predicted octanol–water partition coefficient (Wildman–Crippen LogP) is 6.19.